The van der Waals surface area contributed by atoms with Gasteiger partial charge in [0.15, 0.2) is 0 Å². The van der Waals surface area contributed by atoms with Crippen LogP contribution in [0.4, 0.5) is 11.4 Å². The van der Waals surface area contributed by atoms with E-state index in [-0.39, 0.29) is 18.1 Å². The van der Waals surface area contributed by atoms with Crippen LogP contribution in [0.5, 0.6) is 0 Å². The fraction of sp³-hybridized carbons (Fsp3) is 0.350. The molecule has 6 nitrogen and oxygen atoms in total. The number of anilines is 2. The molecule has 7 heteroatoms. The van der Waals surface area contributed by atoms with Gasteiger partial charge in [-0.2, -0.15) is 0 Å². The maximum atomic E-state index is 12.1. The summed E-state index contributed by atoms with van der Waals surface area (Å²) in [6.07, 6.45) is 6.48. The van der Waals surface area contributed by atoms with Gasteiger partial charge in [-0.25, -0.2) is 0 Å². The predicted molar refractivity (Wildman–Crippen MR) is 107 cm³/mol. The summed E-state index contributed by atoms with van der Waals surface area (Å²) in [5.74, 6) is -0.739. The Morgan fingerprint density at radius 1 is 1.04 bits per heavy atom. The molecule has 0 aliphatic carbocycles. The summed E-state index contributed by atoms with van der Waals surface area (Å²) in [5.41, 5.74) is 2.06. The number of hydrogen-bond acceptors (Lipinski definition) is 4. The van der Waals surface area contributed by atoms with Crippen molar-refractivity contribution >= 4 is 34.8 Å². The van der Waals surface area contributed by atoms with Gasteiger partial charge in [-0.05, 0) is 49.2 Å². The Bertz CT molecular complexity index is 787. The van der Waals surface area contributed by atoms with Crippen molar-refractivity contribution in [1.29, 1.82) is 0 Å². The van der Waals surface area contributed by atoms with E-state index in [0.29, 0.717) is 10.7 Å². The van der Waals surface area contributed by atoms with Crippen LogP contribution in [-0.2, 0) is 4.79 Å². The monoisotopic (exact) mass is 386 g/mol. The van der Waals surface area contributed by atoms with E-state index in [0.717, 1.165) is 13.1 Å². The Hall–Kier alpha value is -2.60. The highest BCUT2D eigenvalue weighted by Crippen LogP contribution is 2.21. The van der Waals surface area contributed by atoms with E-state index in [4.69, 9.17) is 11.6 Å². The van der Waals surface area contributed by atoms with Gasteiger partial charge in [-0.15, -0.1) is 0 Å². The molecule has 1 aromatic heterocycles. The molecule has 2 aromatic rings. The lowest BCUT2D eigenvalue weighted by Crippen LogP contribution is -2.33. The molecule has 0 radical (unpaired) electrons. The third kappa shape index (κ3) is 5.69. The molecular weight excluding hydrogens is 364 g/mol. The van der Waals surface area contributed by atoms with Gasteiger partial charge < -0.3 is 15.5 Å². The smallest absolute Gasteiger partial charge is 0.270 e. The number of carbonyl (C=O) groups excluding carboxylic acids is 2. The first kappa shape index (κ1) is 19.2. The summed E-state index contributed by atoms with van der Waals surface area (Å²) in [5, 5.41) is 5.74. The fourth-order valence-electron chi connectivity index (χ4n) is 3.07. The molecule has 1 fully saturated rings. The summed E-state index contributed by atoms with van der Waals surface area (Å²) in [7, 11) is 0. The van der Waals surface area contributed by atoms with Crippen molar-refractivity contribution in [3.05, 3.63) is 53.3 Å². The number of rotatable bonds is 5. The molecular formula is C20H23ClN4O2. The molecule has 142 valence electrons. The van der Waals surface area contributed by atoms with Gasteiger partial charge in [0.2, 0.25) is 5.91 Å². The molecule has 1 aliphatic rings. The van der Waals surface area contributed by atoms with Crippen LogP contribution in [0.3, 0.4) is 0 Å². The van der Waals surface area contributed by atoms with Gasteiger partial charge in [-0.1, -0.05) is 24.4 Å². The number of carbonyl (C=O) groups is 2. The number of aromatic nitrogens is 1. The highest BCUT2D eigenvalue weighted by molar-refractivity contribution is 6.30. The number of pyridine rings is 1. The zero-order chi connectivity index (χ0) is 19.1. The minimum Gasteiger partial charge on any atom is -0.372 e. The lowest BCUT2D eigenvalue weighted by atomic mass is 10.2. The van der Waals surface area contributed by atoms with Crippen molar-refractivity contribution in [2.75, 3.05) is 29.9 Å². The van der Waals surface area contributed by atoms with Crippen molar-refractivity contribution in [3.8, 4) is 0 Å². The normalized spacial score (nSPS) is 14.3. The SMILES string of the molecule is O=C(CNC(=O)c1cc(Cl)ccn1)Nc1ccc(N2CCCCCC2)cc1. The van der Waals surface area contributed by atoms with Crippen molar-refractivity contribution in [3.63, 3.8) is 0 Å². The van der Waals surface area contributed by atoms with Crippen LogP contribution in [0.25, 0.3) is 0 Å². The highest BCUT2D eigenvalue weighted by Gasteiger charge is 2.12. The van der Waals surface area contributed by atoms with Crippen LogP contribution >= 0.6 is 11.6 Å². The Labute approximate surface area is 163 Å². The molecule has 1 aliphatic heterocycles. The lowest BCUT2D eigenvalue weighted by Gasteiger charge is -2.22. The number of halogens is 1. The molecule has 0 atom stereocenters. The summed E-state index contributed by atoms with van der Waals surface area (Å²) in [4.78, 5) is 30.4. The predicted octanol–water partition coefficient (Wildman–Crippen LogP) is 3.48. The lowest BCUT2D eigenvalue weighted by molar-refractivity contribution is -0.115. The standard InChI is InChI=1S/C20H23ClN4O2/c21-15-9-10-22-18(13-15)20(27)23-14-19(26)24-16-5-7-17(8-6-16)25-11-3-1-2-4-12-25/h5-10,13H,1-4,11-12,14H2,(H,23,27)(H,24,26). The molecule has 1 aromatic carbocycles. The van der Waals surface area contributed by atoms with Gasteiger partial charge in [0.05, 0.1) is 6.54 Å². The molecule has 0 bridgehead atoms. The van der Waals surface area contributed by atoms with Gasteiger partial charge in [0, 0.05) is 35.7 Å². The van der Waals surface area contributed by atoms with Crippen LogP contribution in [0.2, 0.25) is 5.02 Å². The van der Waals surface area contributed by atoms with Crippen LogP contribution < -0.4 is 15.5 Å². The summed E-state index contributed by atoms with van der Waals surface area (Å²) in [6.45, 7) is 2.02. The van der Waals surface area contributed by atoms with E-state index < -0.39 is 5.91 Å². The third-order valence-corrected chi connectivity index (χ3v) is 4.72. The average Bonchev–Trinajstić information content (AvgIpc) is 2.96. The van der Waals surface area contributed by atoms with Crippen molar-refractivity contribution in [1.82, 2.24) is 10.3 Å². The molecule has 2 heterocycles. The minimum atomic E-state index is -0.441. The van der Waals surface area contributed by atoms with Crippen LogP contribution in [0.15, 0.2) is 42.6 Å². The molecule has 3 rings (SSSR count). The Kier molecular flexibility index (Phi) is 6.65. The number of benzene rings is 1. The van der Waals surface area contributed by atoms with E-state index >= 15 is 0 Å². The van der Waals surface area contributed by atoms with E-state index in [1.807, 2.05) is 24.3 Å². The number of hydrogen-bond donors (Lipinski definition) is 2. The van der Waals surface area contributed by atoms with Crippen molar-refractivity contribution < 1.29 is 9.59 Å². The van der Waals surface area contributed by atoms with Gasteiger partial charge in [-0.3, -0.25) is 14.6 Å². The van der Waals surface area contributed by atoms with Gasteiger partial charge in [0.25, 0.3) is 5.91 Å². The second kappa shape index (κ2) is 9.37. The molecule has 27 heavy (non-hydrogen) atoms. The maximum Gasteiger partial charge on any atom is 0.270 e. The van der Waals surface area contributed by atoms with Crippen LogP contribution in [0, 0.1) is 0 Å². The Balaban J connectivity index is 1.49. The van der Waals surface area contributed by atoms with Crippen LogP contribution in [0.1, 0.15) is 36.2 Å². The topological polar surface area (TPSA) is 74.3 Å². The van der Waals surface area contributed by atoms with E-state index in [9.17, 15) is 9.59 Å². The Morgan fingerprint density at radius 3 is 2.41 bits per heavy atom. The number of nitrogens with one attached hydrogen (secondary N) is 2. The van der Waals surface area contributed by atoms with E-state index in [1.54, 1.807) is 6.07 Å². The first-order valence-electron chi connectivity index (χ1n) is 9.16. The largest absolute Gasteiger partial charge is 0.372 e. The maximum absolute atomic E-state index is 12.1. The van der Waals surface area contributed by atoms with Crippen LogP contribution in [-0.4, -0.2) is 36.4 Å². The van der Waals surface area contributed by atoms with Gasteiger partial charge in [0.1, 0.15) is 5.69 Å². The average molecular weight is 387 g/mol. The molecule has 0 saturated carbocycles. The molecule has 2 N–H and O–H groups in total. The third-order valence-electron chi connectivity index (χ3n) is 4.49. The first-order chi connectivity index (χ1) is 13.1. The fourth-order valence-corrected chi connectivity index (χ4v) is 3.23. The zero-order valence-electron chi connectivity index (χ0n) is 15.1. The second-order valence-corrected chi connectivity index (χ2v) is 6.97. The molecule has 0 unspecified atom stereocenters. The van der Waals surface area contributed by atoms with Crippen molar-refractivity contribution in [2.24, 2.45) is 0 Å². The quantitative estimate of drug-likeness (QED) is 0.824. The molecule has 0 spiro atoms. The van der Waals surface area contributed by atoms with E-state index in [1.165, 1.54) is 43.6 Å². The zero-order valence-corrected chi connectivity index (χ0v) is 15.8. The number of nitrogens with zero attached hydrogens (tertiary/aromatic N) is 2. The van der Waals surface area contributed by atoms with E-state index in [2.05, 4.69) is 20.5 Å². The summed E-state index contributed by atoms with van der Waals surface area (Å²) < 4.78 is 0. The Morgan fingerprint density at radius 2 is 1.74 bits per heavy atom. The minimum absolute atomic E-state index is 0.138. The second-order valence-electron chi connectivity index (χ2n) is 6.54. The van der Waals surface area contributed by atoms with Gasteiger partial charge >= 0.3 is 0 Å². The van der Waals surface area contributed by atoms with Crippen molar-refractivity contribution in [2.45, 2.75) is 25.7 Å². The highest BCUT2D eigenvalue weighted by atomic mass is 35.5. The summed E-state index contributed by atoms with van der Waals surface area (Å²) in [6, 6.07) is 10.9. The first-order valence-corrected chi connectivity index (χ1v) is 9.54. The molecule has 1 saturated heterocycles. The summed E-state index contributed by atoms with van der Waals surface area (Å²) >= 11 is 5.83. The number of amides is 2. The molecule has 2 amide bonds.